The van der Waals surface area contributed by atoms with Crippen molar-refractivity contribution in [1.82, 2.24) is 9.88 Å². The highest BCUT2D eigenvalue weighted by molar-refractivity contribution is 6.34. The molecule has 5 heteroatoms. The summed E-state index contributed by atoms with van der Waals surface area (Å²) in [5.74, 6) is -0.144. The highest BCUT2D eigenvalue weighted by Crippen LogP contribution is 2.27. The smallest absolute Gasteiger partial charge is 0.257 e. The molecule has 2 heterocycles. The van der Waals surface area contributed by atoms with E-state index in [1.54, 1.807) is 4.90 Å². The van der Waals surface area contributed by atoms with Crippen LogP contribution >= 0.6 is 11.6 Å². The fraction of sp³-hybridized carbons (Fsp3) is 0.267. The summed E-state index contributed by atoms with van der Waals surface area (Å²) in [6, 6.07) is 9.26. The Labute approximate surface area is 121 Å². The van der Waals surface area contributed by atoms with Gasteiger partial charge in [0.15, 0.2) is 0 Å². The van der Waals surface area contributed by atoms with E-state index in [2.05, 4.69) is 11.1 Å². The molecule has 3 rings (SSSR count). The van der Waals surface area contributed by atoms with E-state index >= 15 is 0 Å². The quantitative estimate of drug-likeness (QED) is 0.757. The number of halogens is 1. The first-order valence-electron chi connectivity index (χ1n) is 6.46. The van der Waals surface area contributed by atoms with E-state index in [0.717, 1.165) is 23.6 Å². The zero-order valence-electron chi connectivity index (χ0n) is 10.7. The molecule has 1 aliphatic heterocycles. The van der Waals surface area contributed by atoms with Crippen LogP contribution in [0.25, 0.3) is 10.8 Å². The molecule has 100 valence electrons. The monoisotopic (exact) mass is 285 g/mol. The number of benzene rings is 1. The molecule has 1 unspecified atom stereocenters. The van der Waals surface area contributed by atoms with E-state index in [1.807, 2.05) is 24.3 Å². The first kappa shape index (κ1) is 12.9. The molecule has 0 aliphatic carbocycles. The van der Waals surface area contributed by atoms with Gasteiger partial charge in [-0.3, -0.25) is 4.79 Å². The second-order valence-electron chi connectivity index (χ2n) is 4.79. The molecular weight excluding hydrogens is 274 g/mol. The van der Waals surface area contributed by atoms with Gasteiger partial charge in [-0.25, -0.2) is 4.98 Å². The van der Waals surface area contributed by atoms with Crippen LogP contribution in [-0.2, 0) is 0 Å². The Morgan fingerprint density at radius 3 is 2.90 bits per heavy atom. The summed E-state index contributed by atoms with van der Waals surface area (Å²) in [6.07, 6.45) is 3.10. The Morgan fingerprint density at radius 2 is 2.15 bits per heavy atom. The van der Waals surface area contributed by atoms with Crippen molar-refractivity contribution < 1.29 is 4.79 Å². The molecule has 0 spiro atoms. The molecule has 1 aromatic heterocycles. The average Bonchev–Trinajstić information content (AvgIpc) is 2.96. The van der Waals surface area contributed by atoms with Crippen molar-refractivity contribution in [3.8, 4) is 6.07 Å². The molecule has 20 heavy (non-hydrogen) atoms. The van der Waals surface area contributed by atoms with Crippen LogP contribution in [0.15, 0.2) is 30.5 Å². The number of nitrogens with zero attached hydrogens (tertiary/aromatic N) is 3. The SMILES string of the molecule is N#CC1CCCN1C(=O)c1cnc(Cl)c2ccccc12. The Hall–Kier alpha value is -2.12. The molecule has 1 saturated heterocycles. The number of pyridine rings is 1. The topological polar surface area (TPSA) is 57.0 Å². The summed E-state index contributed by atoms with van der Waals surface area (Å²) in [7, 11) is 0. The predicted molar refractivity (Wildman–Crippen MR) is 76.4 cm³/mol. The molecule has 1 atom stereocenters. The predicted octanol–water partition coefficient (Wildman–Crippen LogP) is 3.02. The zero-order valence-corrected chi connectivity index (χ0v) is 11.5. The molecule has 0 saturated carbocycles. The van der Waals surface area contributed by atoms with Crippen molar-refractivity contribution in [3.05, 3.63) is 41.2 Å². The van der Waals surface area contributed by atoms with Crippen molar-refractivity contribution in [2.24, 2.45) is 0 Å². The Kier molecular flexibility index (Phi) is 3.29. The summed E-state index contributed by atoms with van der Waals surface area (Å²) in [5, 5.41) is 11.0. The molecule has 1 amide bonds. The molecule has 1 fully saturated rings. The number of rotatable bonds is 1. The minimum absolute atomic E-state index is 0.144. The van der Waals surface area contributed by atoms with Crippen molar-refractivity contribution >= 4 is 28.3 Å². The van der Waals surface area contributed by atoms with E-state index in [4.69, 9.17) is 16.9 Å². The average molecular weight is 286 g/mol. The lowest BCUT2D eigenvalue weighted by Crippen LogP contribution is -2.34. The first-order chi connectivity index (χ1) is 9.72. The number of carbonyl (C=O) groups is 1. The van der Waals surface area contributed by atoms with E-state index in [9.17, 15) is 4.79 Å². The minimum Gasteiger partial charge on any atom is -0.323 e. The van der Waals surface area contributed by atoms with E-state index < -0.39 is 0 Å². The zero-order chi connectivity index (χ0) is 14.1. The van der Waals surface area contributed by atoms with Crippen molar-refractivity contribution in [1.29, 1.82) is 5.26 Å². The highest BCUT2D eigenvalue weighted by Gasteiger charge is 2.30. The Morgan fingerprint density at radius 1 is 1.40 bits per heavy atom. The van der Waals surface area contributed by atoms with Crippen LogP contribution in [0.3, 0.4) is 0 Å². The standard InChI is InChI=1S/C15H12ClN3O/c16-14-12-6-2-1-5-11(12)13(9-18-14)15(20)19-7-3-4-10(19)8-17/h1-2,5-6,9-10H,3-4,7H2. The third-order valence-corrected chi connectivity index (χ3v) is 3.94. The molecule has 4 nitrogen and oxygen atoms in total. The molecule has 1 aliphatic rings. The summed E-state index contributed by atoms with van der Waals surface area (Å²) in [5.41, 5.74) is 0.507. The van der Waals surface area contributed by atoms with Crippen molar-refractivity contribution in [2.75, 3.05) is 6.54 Å². The van der Waals surface area contributed by atoms with Crippen LogP contribution in [0.5, 0.6) is 0 Å². The lowest BCUT2D eigenvalue weighted by molar-refractivity contribution is 0.0766. The maximum absolute atomic E-state index is 12.6. The van der Waals surface area contributed by atoms with Crippen LogP contribution in [-0.4, -0.2) is 28.4 Å². The fourth-order valence-corrected chi connectivity index (χ4v) is 2.84. The van der Waals surface area contributed by atoms with Gasteiger partial charge in [0, 0.05) is 18.1 Å². The normalized spacial score (nSPS) is 18.2. The summed E-state index contributed by atoms with van der Waals surface area (Å²) in [6.45, 7) is 0.619. The lowest BCUT2D eigenvalue weighted by Gasteiger charge is -2.20. The second kappa shape index (κ2) is 5.10. The Bertz CT molecular complexity index is 723. The summed E-state index contributed by atoms with van der Waals surface area (Å²) >= 11 is 6.06. The number of hydrogen-bond donors (Lipinski definition) is 0. The number of fused-ring (bicyclic) bond motifs is 1. The third-order valence-electron chi connectivity index (χ3n) is 3.64. The molecular formula is C15H12ClN3O. The number of likely N-dealkylation sites (tertiary alicyclic amines) is 1. The fourth-order valence-electron chi connectivity index (χ4n) is 2.63. The van der Waals surface area contributed by atoms with Crippen LogP contribution in [0.2, 0.25) is 5.15 Å². The van der Waals surface area contributed by atoms with E-state index in [1.165, 1.54) is 6.20 Å². The van der Waals surface area contributed by atoms with Gasteiger partial charge in [-0.15, -0.1) is 0 Å². The van der Waals surface area contributed by atoms with E-state index in [0.29, 0.717) is 17.3 Å². The number of carbonyl (C=O) groups excluding carboxylic acids is 1. The van der Waals surface area contributed by atoms with Gasteiger partial charge in [0.25, 0.3) is 5.91 Å². The van der Waals surface area contributed by atoms with Crippen molar-refractivity contribution in [2.45, 2.75) is 18.9 Å². The van der Waals surface area contributed by atoms with Gasteiger partial charge in [0.1, 0.15) is 11.2 Å². The number of amides is 1. The molecule has 0 N–H and O–H groups in total. The van der Waals surface area contributed by atoms with Gasteiger partial charge in [0.2, 0.25) is 0 Å². The van der Waals surface area contributed by atoms with Gasteiger partial charge in [0.05, 0.1) is 11.6 Å². The Balaban J connectivity index is 2.09. The van der Waals surface area contributed by atoms with Gasteiger partial charge in [-0.1, -0.05) is 35.9 Å². The third kappa shape index (κ3) is 2.00. The van der Waals surface area contributed by atoms with Crippen molar-refractivity contribution in [3.63, 3.8) is 0 Å². The number of nitriles is 1. The van der Waals surface area contributed by atoms with Crippen LogP contribution < -0.4 is 0 Å². The van der Waals surface area contributed by atoms with Gasteiger partial charge in [-0.2, -0.15) is 5.26 Å². The first-order valence-corrected chi connectivity index (χ1v) is 6.84. The van der Waals surface area contributed by atoms with Crippen LogP contribution in [0, 0.1) is 11.3 Å². The molecule has 0 bridgehead atoms. The lowest BCUT2D eigenvalue weighted by atomic mass is 10.1. The molecule has 0 radical (unpaired) electrons. The van der Waals surface area contributed by atoms with Gasteiger partial charge < -0.3 is 4.90 Å². The minimum atomic E-state index is -0.336. The second-order valence-corrected chi connectivity index (χ2v) is 5.15. The van der Waals surface area contributed by atoms with Crippen LogP contribution in [0.4, 0.5) is 0 Å². The van der Waals surface area contributed by atoms with Gasteiger partial charge in [-0.05, 0) is 18.2 Å². The molecule has 1 aromatic carbocycles. The largest absolute Gasteiger partial charge is 0.323 e. The van der Waals surface area contributed by atoms with E-state index in [-0.39, 0.29) is 11.9 Å². The highest BCUT2D eigenvalue weighted by atomic mass is 35.5. The maximum Gasteiger partial charge on any atom is 0.257 e. The molecule has 2 aromatic rings. The summed E-state index contributed by atoms with van der Waals surface area (Å²) < 4.78 is 0. The van der Waals surface area contributed by atoms with Gasteiger partial charge >= 0.3 is 0 Å². The number of aromatic nitrogens is 1. The number of hydrogen-bond acceptors (Lipinski definition) is 3. The van der Waals surface area contributed by atoms with Crippen LogP contribution in [0.1, 0.15) is 23.2 Å². The maximum atomic E-state index is 12.6. The summed E-state index contributed by atoms with van der Waals surface area (Å²) in [4.78, 5) is 18.3.